The van der Waals surface area contributed by atoms with Gasteiger partial charge in [0.15, 0.2) is 0 Å². The molecular weight excluding hydrogens is 324 g/mol. The lowest BCUT2D eigenvalue weighted by Crippen LogP contribution is -2.19. The normalized spacial score (nSPS) is 12.3. The number of aliphatic carboxylic acids is 1. The van der Waals surface area contributed by atoms with Crippen molar-refractivity contribution < 1.29 is 9.90 Å². The first-order valence-electron chi connectivity index (χ1n) is 6.08. The van der Waals surface area contributed by atoms with Crippen molar-refractivity contribution in [1.29, 1.82) is 0 Å². The zero-order valence-electron chi connectivity index (χ0n) is 10.6. The Kier molecular flexibility index (Phi) is 4.77. The van der Waals surface area contributed by atoms with E-state index < -0.39 is 5.97 Å². The predicted octanol–water partition coefficient (Wildman–Crippen LogP) is 4.31. The second-order valence-electron chi connectivity index (χ2n) is 4.58. The second-order valence-corrected chi connectivity index (χ2v) is 7.12. The number of halogens is 1. The molecule has 4 heteroatoms. The number of carboxylic acids is 1. The van der Waals surface area contributed by atoms with Crippen LogP contribution in [0.1, 0.15) is 16.0 Å². The number of hydrogen-bond acceptors (Lipinski definition) is 2. The minimum absolute atomic E-state index is 0.369. The van der Waals surface area contributed by atoms with Crippen molar-refractivity contribution in [3.8, 4) is 0 Å². The molecule has 0 saturated heterocycles. The summed E-state index contributed by atoms with van der Waals surface area (Å²) in [7, 11) is 0. The average Bonchev–Trinajstić information content (AvgIpc) is 2.76. The van der Waals surface area contributed by atoms with Gasteiger partial charge in [0.05, 0.1) is 9.70 Å². The molecule has 2 aromatic rings. The monoisotopic (exact) mass is 338 g/mol. The van der Waals surface area contributed by atoms with E-state index in [-0.39, 0.29) is 5.92 Å². The summed E-state index contributed by atoms with van der Waals surface area (Å²) in [6, 6.07) is 11.9. The molecule has 0 aliphatic heterocycles. The SMILES string of the molecule is Cc1ccccc1CC(Cc1ccc(Br)s1)C(=O)O. The van der Waals surface area contributed by atoms with E-state index in [1.54, 1.807) is 11.3 Å². The molecule has 0 aliphatic carbocycles. The number of hydrogen-bond donors (Lipinski definition) is 1. The van der Waals surface area contributed by atoms with Crippen LogP contribution >= 0.6 is 27.3 Å². The van der Waals surface area contributed by atoms with Crippen molar-refractivity contribution in [3.63, 3.8) is 0 Å². The van der Waals surface area contributed by atoms with E-state index in [1.165, 1.54) is 0 Å². The van der Waals surface area contributed by atoms with Gasteiger partial charge in [-0.3, -0.25) is 4.79 Å². The molecule has 0 bridgehead atoms. The van der Waals surface area contributed by atoms with Gasteiger partial charge in [-0.1, -0.05) is 24.3 Å². The number of rotatable bonds is 5. The van der Waals surface area contributed by atoms with E-state index in [1.807, 2.05) is 43.3 Å². The molecule has 1 aromatic heterocycles. The Morgan fingerprint density at radius 3 is 2.58 bits per heavy atom. The minimum atomic E-state index is -0.729. The molecular formula is C15H15BrO2S. The van der Waals surface area contributed by atoms with Crippen LogP contribution in [0.4, 0.5) is 0 Å². The van der Waals surface area contributed by atoms with E-state index in [0.717, 1.165) is 19.8 Å². The fourth-order valence-electron chi connectivity index (χ4n) is 2.06. The Bertz CT molecular complexity index is 577. The van der Waals surface area contributed by atoms with Crippen LogP contribution < -0.4 is 0 Å². The first-order valence-corrected chi connectivity index (χ1v) is 7.68. The number of aryl methyl sites for hydroxylation is 1. The van der Waals surface area contributed by atoms with Gasteiger partial charge in [-0.25, -0.2) is 0 Å². The van der Waals surface area contributed by atoms with Crippen molar-refractivity contribution in [3.05, 3.63) is 56.2 Å². The molecule has 1 aromatic carbocycles. The largest absolute Gasteiger partial charge is 0.481 e. The molecule has 1 unspecified atom stereocenters. The summed E-state index contributed by atoms with van der Waals surface area (Å²) in [6.45, 7) is 2.02. The Morgan fingerprint density at radius 1 is 1.26 bits per heavy atom. The Labute approximate surface area is 125 Å². The van der Waals surface area contributed by atoms with Crippen molar-refractivity contribution >= 4 is 33.2 Å². The number of carboxylic acid groups (broad SMARTS) is 1. The molecule has 2 rings (SSSR count). The summed E-state index contributed by atoms with van der Waals surface area (Å²) < 4.78 is 1.04. The lowest BCUT2D eigenvalue weighted by atomic mass is 9.93. The molecule has 0 fully saturated rings. The van der Waals surface area contributed by atoms with Gasteiger partial charge in [-0.15, -0.1) is 11.3 Å². The minimum Gasteiger partial charge on any atom is -0.481 e. The Morgan fingerprint density at radius 2 is 2.00 bits per heavy atom. The molecule has 19 heavy (non-hydrogen) atoms. The van der Waals surface area contributed by atoms with Crippen LogP contribution in [0.2, 0.25) is 0 Å². The zero-order chi connectivity index (χ0) is 13.8. The smallest absolute Gasteiger partial charge is 0.307 e. The van der Waals surface area contributed by atoms with E-state index in [2.05, 4.69) is 15.9 Å². The molecule has 0 amide bonds. The summed E-state index contributed by atoms with van der Waals surface area (Å²) in [5.41, 5.74) is 2.27. The summed E-state index contributed by atoms with van der Waals surface area (Å²) in [6.07, 6.45) is 1.16. The maximum Gasteiger partial charge on any atom is 0.307 e. The highest BCUT2D eigenvalue weighted by Crippen LogP contribution is 2.26. The average molecular weight is 339 g/mol. The Hall–Kier alpha value is -1.13. The first kappa shape index (κ1) is 14.3. The molecule has 0 aliphatic rings. The van der Waals surface area contributed by atoms with Gasteiger partial charge < -0.3 is 5.11 Å². The fraction of sp³-hybridized carbons (Fsp3) is 0.267. The molecule has 100 valence electrons. The molecule has 1 heterocycles. The van der Waals surface area contributed by atoms with Gasteiger partial charge in [0.25, 0.3) is 0 Å². The van der Waals surface area contributed by atoms with Crippen LogP contribution in [-0.2, 0) is 17.6 Å². The third kappa shape index (κ3) is 3.91. The zero-order valence-corrected chi connectivity index (χ0v) is 13.0. The second kappa shape index (κ2) is 6.35. The van der Waals surface area contributed by atoms with Crippen LogP contribution in [0, 0.1) is 12.8 Å². The van der Waals surface area contributed by atoms with Crippen molar-refractivity contribution in [2.75, 3.05) is 0 Å². The number of carbonyl (C=O) groups is 1. The van der Waals surface area contributed by atoms with Gasteiger partial charge in [0.2, 0.25) is 0 Å². The van der Waals surface area contributed by atoms with Gasteiger partial charge in [0.1, 0.15) is 0 Å². The van der Waals surface area contributed by atoms with E-state index >= 15 is 0 Å². The van der Waals surface area contributed by atoms with Crippen molar-refractivity contribution in [2.45, 2.75) is 19.8 Å². The topological polar surface area (TPSA) is 37.3 Å². The van der Waals surface area contributed by atoms with Gasteiger partial charge >= 0.3 is 5.97 Å². The summed E-state index contributed by atoms with van der Waals surface area (Å²) in [5.74, 6) is -1.10. The highest BCUT2D eigenvalue weighted by molar-refractivity contribution is 9.11. The van der Waals surface area contributed by atoms with Crippen LogP contribution in [-0.4, -0.2) is 11.1 Å². The fourth-order valence-corrected chi connectivity index (χ4v) is 3.62. The van der Waals surface area contributed by atoms with Crippen LogP contribution in [0.3, 0.4) is 0 Å². The number of thiophene rings is 1. The quantitative estimate of drug-likeness (QED) is 0.882. The lowest BCUT2D eigenvalue weighted by Gasteiger charge is -2.13. The number of benzene rings is 1. The van der Waals surface area contributed by atoms with Crippen molar-refractivity contribution in [2.24, 2.45) is 5.92 Å². The first-order chi connectivity index (χ1) is 9.06. The summed E-state index contributed by atoms with van der Waals surface area (Å²) in [4.78, 5) is 12.5. The Balaban J connectivity index is 2.13. The highest BCUT2D eigenvalue weighted by Gasteiger charge is 2.20. The van der Waals surface area contributed by atoms with Crippen molar-refractivity contribution in [1.82, 2.24) is 0 Å². The van der Waals surface area contributed by atoms with E-state index in [0.29, 0.717) is 12.8 Å². The third-order valence-electron chi connectivity index (χ3n) is 3.15. The van der Waals surface area contributed by atoms with Gasteiger partial charge in [-0.05, 0) is 59.0 Å². The molecule has 1 N–H and O–H groups in total. The maximum atomic E-state index is 11.4. The van der Waals surface area contributed by atoms with Crippen LogP contribution in [0.5, 0.6) is 0 Å². The maximum absolute atomic E-state index is 11.4. The van der Waals surface area contributed by atoms with Gasteiger partial charge in [-0.2, -0.15) is 0 Å². The summed E-state index contributed by atoms with van der Waals surface area (Å²) in [5, 5.41) is 9.39. The lowest BCUT2D eigenvalue weighted by molar-refractivity contribution is -0.141. The third-order valence-corrected chi connectivity index (χ3v) is 4.80. The molecule has 0 radical (unpaired) electrons. The molecule has 1 atom stereocenters. The molecule has 2 nitrogen and oxygen atoms in total. The molecule has 0 saturated carbocycles. The van der Waals surface area contributed by atoms with Gasteiger partial charge in [0, 0.05) is 4.88 Å². The standard InChI is InChI=1S/C15H15BrO2S/c1-10-4-2-3-5-11(10)8-12(15(17)18)9-13-6-7-14(16)19-13/h2-7,12H,8-9H2,1H3,(H,17,18). The highest BCUT2D eigenvalue weighted by atomic mass is 79.9. The van der Waals surface area contributed by atoms with Crippen LogP contribution in [0.25, 0.3) is 0 Å². The summed E-state index contributed by atoms with van der Waals surface area (Å²) >= 11 is 5.01. The van der Waals surface area contributed by atoms with Crippen LogP contribution in [0.15, 0.2) is 40.2 Å². The molecule has 0 spiro atoms. The van der Waals surface area contributed by atoms with E-state index in [4.69, 9.17) is 0 Å². The predicted molar refractivity (Wildman–Crippen MR) is 81.7 cm³/mol. The van der Waals surface area contributed by atoms with E-state index in [9.17, 15) is 9.90 Å².